The van der Waals surface area contributed by atoms with E-state index in [1.165, 1.54) is 6.42 Å². The highest BCUT2D eigenvalue weighted by Gasteiger charge is 2.33. The van der Waals surface area contributed by atoms with Gasteiger partial charge in [0.25, 0.3) is 0 Å². The summed E-state index contributed by atoms with van der Waals surface area (Å²) in [6, 6.07) is 1.52. The van der Waals surface area contributed by atoms with Gasteiger partial charge >= 0.3 is 6.09 Å². The molecule has 1 aliphatic heterocycles. The summed E-state index contributed by atoms with van der Waals surface area (Å²) < 4.78 is 5.59. The van der Waals surface area contributed by atoms with Crippen molar-refractivity contribution in [1.82, 2.24) is 20.0 Å². The highest BCUT2D eigenvalue weighted by Crippen LogP contribution is 2.24. The largest absolute Gasteiger partial charge is 0.443 e. The summed E-state index contributed by atoms with van der Waals surface area (Å²) in [5.41, 5.74) is -0.525. The van der Waals surface area contributed by atoms with Crippen LogP contribution in [0.5, 0.6) is 0 Å². The van der Waals surface area contributed by atoms with Crippen molar-refractivity contribution >= 4 is 6.09 Å². The van der Waals surface area contributed by atoms with Gasteiger partial charge in [-0.15, -0.1) is 0 Å². The number of amides is 1. The first-order chi connectivity index (χ1) is 10.4. The highest BCUT2D eigenvalue weighted by molar-refractivity contribution is 5.68. The second-order valence-corrected chi connectivity index (χ2v) is 6.62. The molecule has 2 heterocycles. The van der Waals surface area contributed by atoms with Crippen LogP contribution in [0.3, 0.4) is 0 Å². The van der Waals surface area contributed by atoms with Crippen molar-refractivity contribution in [2.45, 2.75) is 58.6 Å². The Balaban J connectivity index is 2.22. The molecule has 0 spiro atoms. The zero-order valence-electron chi connectivity index (χ0n) is 14.0. The van der Waals surface area contributed by atoms with Crippen molar-refractivity contribution in [3.05, 3.63) is 24.3 Å². The lowest BCUT2D eigenvalue weighted by atomic mass is 10.1. The predicted octanol–water partition coefficient (Wildman–Crippen LogP) is 3.18. The molecule has 0 saturated carbocycles. The third kappa shape index (κ3) is 4.40. The molecule has 0 radical (unpaired) electrons. The topological polar surface area (TPSA) is 58.6 Å². The number of rotatable bonds is 3. The molecule has 0 N–H and O–H groups in total. The smallest absolute Gasteiger partial charge is 0.425 e. The molecule has 22 heavy (non-hydrogen) atoms. The molecule has 0 bridgehead atoms. The molecule has 1 aromatic heterocycles. The van der Waals surface area contributed by atoms with Crippen LogP contribution in [0, 0.1) is 0 Å². The Bertz CT molecular complexity index is 481. The van der Waals surface area contributed by atoms with Crippen LogP contribution in [0.2, 0.25) is 0 Å². The van der Waals surface area contributed by atoms with Gasteiger partial charge < -0.3 is 4.74 Å². The number of carbonyl (C=O) groups is 1. The van der Waals surface area contributed by atoms with Crippen LogP contribution in [0.1, 0.15) is 58.8 Å². The number of ether oxygens (including phenoxy) is 1. The van der Waals surface area contributed by atoms with Crippen LogP contribution in [-0.4, -0.2) is 44.8 Å². The van der Waals surface area contributed by atoms with Gasteiger partial charge in [-0.25, -0.2) is 24.8 Å². The van der Waals surface area contributed by atoms with E-state index in [4.69, 9.17) is 4.74 Å². The van der Waals surface area contributed by atoms with Crippen molar-refractivity contribution in [1.29, 1.82) is 0 Å². The molecular formula is C16H26N4O2. The molecule has 1 fully saturated rings. The first-order valence-corrected chi connectivity index (χ1v) is 7.92. The maximum Gasteiger partial charge on any atom is 0.425 e. The van der Waals surface area contributed by atoms with E-state index >= 15 is 0 Å². The van der Waals surface area contributed by atoms with Crippen molar-refractivity contribution in [2.75, 3.05) is 13.1 Å². The SMILES string of the molecule is CC(c1ncccn1)N(C(=O)OC(C)(C)C)N1CCCCC1. The zero-order valence-corrected chi connectivity index (χ0v) is 14.0. The molecule has 122 valence electrons. The monoisotopic (exact) mass is 306 g/mol. The van der Waals surface area contributed by atoms with Gasteiger partial charge in [0.15, 0.2) is 5.82 Å². The van der Waals surface area contributed by atoms with Gasteiger partial charge in [0, 0.05) is 25.5 Å². The summed E-state index contributed by atoms with van der Waals surface area (Å²) in [7, 11) is 0. The second kappa shape index (κ2) is 7.05. The maximum atomic E-state index is 12.7. The van der Waals surface area contributed by atoms with E-state index in [0.717, 1.165) is 25.9 Å². The lowest BCUT2D eigenvalue weighted by Gasteiger charge is -2.40. The third-order valence-electron chi connectivity index (χ3n) is 3.54. The van der Waals surface area contributed by atoms with Gasteiger partial charge in [-0.05, 0) is 46.6 Å². The Kier molecular flexibility index (Phi) is 5.34. The van der Waals surface area contributed by atoms with E-state index in [1.807, 2.05) is 27.7 Å². The normalized spacial score (nSPS) is 17.8. The molecule has 1 atom stereocenters. The average Bonchev–Trinajstić information content (AvgIpc) is 2.47. The lowest BCUT2D eigenvalue weighted by Crippen LogP contribution is -2.51. The molecule has 2 rings (SSSR count). The van der Waals surface area contributed by atoms with E-state index in [2.05, 4.69) is 15.0 Å². The van der Waals surface area contributed by atoms with Crippen LogP contribution in [0.15, 0.2) is 18.5 Å². The van der Waals surface area contributed by atoms with Gasteiger partial charge in [0.2, 0.25) is 0 Å². The minimum atomic E-state index is -0.525. The average molecular weight is 306 g/mol. The number of nitrogens with zero attached hydrogens (tertiary/aromatic N) is 4. The van der Waals surface area contributed by atoms with E-state index in [-0.39, 0.29) is 12.1 Å². The van der Waals surface area contributed by atoms with Crippen molar-refractivity contribution in [3.63, 3.8) is 0 Å². The summed E-state index contributed by atoms with van der Waals surface area (Å²) in [6.07, 6.45) is 6.43. The van der Waals surface area contributed by atoms with Gasteiger partial charge in [-0.2, -0.15) is 0 Å². The second-order valence-electron chi connectivity index (χ2n) is 6.62. The molecule has 0 aromatic carbocycles. The standard InChI is InChI=1S/C16H26N4O2/c1-13(14-17-9-8-10-18-14)20(15(21)22-16(2,3)4)19-11-6-5-7-12-19/h8-10,13H,5-7,11-12H2,1-4H3. The van der Waals surface area contributed by atoms with Crippen LogP contribution in [-0.2, 0) is 4.74 Å². The van der Waals surface area contributed by atoms with E-state index in [0.29, 0.717) is 5.82 Å². The minimum Gasteiger partial charge on any atom is -0.443 e. The van der Waals surface area contributed by atoms with E-state index < -0.39 is 5.60 Å². The maximum absolute atomic E-state index is 12.7. The lowest BCUT2D eigenvalue weighted by molar-refractivity contribution is -0.0798. The van der Waals surface area contributed by atoms with Crippen molar-refractivity contribution in [2.24, 2.45) is 0 Å². The first-order valence-electron chi connectivity index (χ1n) is 7.92. The summed E-state index contributed by atoms with van der Waals surface area (Å²) in [6.45, 7) is 9.29. The Hall–Kier alpha value is -1.69. The quantitative estimate of drug-likeness (QED) is 0.858. The first kappa shape index (κ1) is 16.7. The molecule has 6 nitrogen and oxygen atoms in total. The summed E-state index contributed by atoms with van der Waals surface area (Å²) >= 11 is 0. The molecule has 1 unspecified atom stereocenters. The number of hydrogen-bond donors (Lipinski definition) is 0. The van der Waals surface area contributed by atoms with Crippen LogP contribution in [0.4, 0.5) is 4.79 Å². The molecule has 1 aliphatic rings. The van der Waals surface area contributed by atoms with Crippen LogP contribution < -0.4 is 0 Å². The number of carbonyl (C=O) groups excluding carboxylic acids is 1. The van der Waals surface area contributed by atoms with Crippen LogP contribution >= 0.6 is 0 Å². The fraction of sp³-hybridized carbons (Fsp3) is 0.688. The van der Waals surface area contributed by atoms with Crippen LogP contribution in [0.25, 0.3) is 0 Å². The van der Waals surface area contributed by atoms with Gasteiger partial charge in [0.1, 0.15) is 11.6 Å². The fourth-order valence-corrected chi connectivity index (χ4v) is 2.56. The van der Waals surface area contributed by atoms with Gasteiger partial charge in [0.05, 0.1) is 0 Å². The molecular weight excluding hydrogens is 280 g/mol. The van der Waals surface area contributed by atoms with Gasteiger partial charge in [-0.3, -0.25) is 0 Å². The highest BCUT2D eigenvalue weighted by atomic mass is 16.6. The Morgan fingerprint density at radius 1 is 1.23 bits per heavy atom. The number of aromatic nitrogens is 2. The number of piperidine rings is 1. The summed E-state index contributed by atoms with van der Waals surface area (Å²) in [5, 5.41) is 3.75. The molecule has 1 saturated heterocycles. The fourth-order valence-electron chi connectivity index (χ4n) is 2.56. The minimum absolute atomic E-state index is 0.255. The Labute approximate surface area is 132 Å². The molecule has 1 amide bonds. The number of hydrazine groups is 1. The number of hydrogen-bond acceptors (Lipinski definition) is 5. The molecule has 0 aliphatic carbocycles. The Morgan fingerprint density at radius 2 is 1.82 bits per heavy atom. The third-order valence-corrected chi connectivity index (χ3v) is 3.54. The Morgan fingerprint density at radius 3 is 2.36 bits per heavy atom. The molecule has 1 aromatic rings. The van der Waals surface area contributed by atoms with Crippen molar-refractivity contribution < 1.29 is 9.53 Å². The predicted molar refractivity (Wildman–Crippen MR) is 83.9 cm³/mol. The van der Waals surface area contributed by atoms with E-state index in [1.54, 1.807) is 23.5 Å². The van der Waals surface area contributed by atoms with E-state index in [9.17, 15) is 4.79 Å². The van der Waals surface area contributed by atoms with Gasteiger partial charge in [-0.1, -0.05) is 6.42 Å². The zero-order chi connectivity index (χ0) is 16.2. The summed E-state index contributed by atoms with van der Waals surface area (Å²) in [5.74, 6) is 0.624. The molecule has 6 heteroatoms. The van der Waals surface area contributed by atoms with Crippen molar-refractivity contribution in [3.8, 4) is 0 Å². The summed E-state index contributed by atoms with van der Waals surface area (Å²) in [4.78, 5) is 21.3.